The van der Waals surface area contributed by atoms with Gasteiger partial charge >= 0.3 is 0 Å². The number of nitrogens with zero attached hydrogens (tertiary/aromatic N) is 3. The van der Waals surface area contributed by atoms with E-state index < -0.39 is 10.0 Å². The summed E-state index contributed by atoms with van der Waals surface area (Å²) in [5.41, 5.74) is 0.539. The molecule has 1 aromatic carbocycles. The van der Waals surface area contributed by atoms with E-state index in [1.807, 2.05) is 0 Å². The highest BCUT2D eigenvalue weighted by Gasteiger charge is 2.22. The van der Waals surface area contributed by atoms with Crippen LogP contribution in [0.4, 0.5) is 5.69 Å². The van der Waals surface area contributed by atoms with Crippen molar-refractivity contribution in [1.82, 2.24) is 14.4 Å². The van der Waals surface area contributed by atoms with Gasteiger partial charge in [-0.05, 0) is 38.1 Å². The highest BCUT2D eigenvalue weighted by molar-refractivity contribution is 7.99. The lowest BCUT2D eigenvalue weighted by Gasteiger charge is -2.21. The van der Waals surface area contributed by atoms with Gasteiger partial charge in [-0.15, -0.1) is 11.8 Å². The van der Waals surface area contributed by atoms with E-state index in [4.69, 9.17) is 4.52 Å². The first-order valence-corrected chi connectivity index (χ1v) is 10.5. The van der Waals surface area contributed by atoms with E-state index in [0.29, 0.717) is 23.2 Å². The molecule has 0 aliphatic heterocycles. The maximum Gasteiger partial charge on any atom is 0.243 e. The molecule has 26 heavy (non-hydrogen) atoms. The van der Waals surface area contributed by atoms with Crippen molar-refractivity contribution in [2.24, 2.45) is 0 Å². The molecule has 8 nitrogen and oxygen atoms in total. The first-order chi connectivity index (χ1) is 12.2. The summed E-state index contributed by atoms with van der Waals surface area (Å²) in [4.78, 5) is 16.2. The molecule has 1 heterocycles. The van der Waals surface area contributed by atoms with Crippen LogP contribution >= 0.6 is 11.8 Å². The topological polar surface area (TPSA) is 105 Å². The molecule has 2 aromatic rings. The number of carbonyl (C=O) groups is 1. The van der Waals surface area contributed by atoms with Crippen LogP contribution in [0.15, 0.2) is 33.7 Å². The Kier molecular flexibility index (Phi) is 6.79. The second kappa shape index (κ2) is 8.65. The Morgan fingerprint density at radius 1 is 1.31 bits per heavy atom. The van der Waals surface area contributed by atoms with Crippen LogP contribution in [0.5, 0.6) is 0 Å². The van der Waals surface area contributed by atoms with Crippen LogP contribution in [-0.2, 0) is 20.6 Å². The minimum absolute atomic E-state index is 0.139. The normalized spacial score (nSPS) is 11.9. The molecule has 2 rings (SSSR count). The molecule has 0 aliphatic rings. The van der Waals surface area contributed by atoms with E-state index in [1.54, 1.807) is 32.9 Å². The molecule has 0 atom stereocenters. The fourth-order valence-electron chi connectivity index (χ4n) is 1.99. The summed E-state index contributed by atoms with van der Waals surface area (Å²) < 4.78 is 31.0. The number of nitrogens with one attached hydrogen (secondary N) is 1. The smallest absolute Gasteiger partial charge is 0.243 e. The average molecular weight is 399 g/mol. The van der Waals surface area contributed by atoms with Gasteiger partial charge in [-0.25, -0.2) is 8.42 Å². The number of amides is 1. The minimum Gasteiger partial charge on any atom is -0.340 e. The Morgan fingerprint density at radius 3 is 2.50 bits per heavy atom. The number of sulfonamides is 1. The number of anilines is 1. The molecule has 1 amide bonds. The maximum absolute atomic E-state index is 12.4. The van der Waals surface area contributed by atoms with Crippen molar-refractivity contribution in [1.29, 1.82) is 0 Å². The number of hydrogen-bond donors (Lipinski definition) is 1. The van der Waals surface area contributed by atoms with Crippen LogP contribution < -0.4 is 5.32 Å². The highest BCUT2D eigenvalue weighted by atomic mass is 32.2. The Labute approximate surface area is 157 Å². The Morgan fingerprint density at radius 2 is 1.96 bits per heavy atom. The van der Waals surface area contributed by atoms with Crippen molar-refractivity contribution in [3.05, 3.63) is 36.0 Å². The summed E-state index contributed by atoms with van der Waals surface area (Å²) in [6, 6.07) is 5.98. The SMILES string of the molecule is Cc1nc(CSCC(=O)Nc2ccc(S(=O)(=O)N(C)C(C)C)cc2)no1. The maximum atomic E-state index is 12.4. The molecule has 10 heteroatoms. The van der Waals surface area contributed by atoms with E-state index in [0.717, 1.165) is 0 Å². The lowest BCUT2D eigenvalue weighted by molar-refractivity contribution is -0.113. The van der Waals surface area contributed by atoms with Crippen LogP contribution in [0.3, 0.4) is 0 Å². The second-order valence-electron chi connectivity index (χ2n) is 5.91. The zero-order valence-electron chi connectivity index (χ0n) is 15.1. The van der Waals surface area contributed by atoms with Crippen LogP contribution in [0.25, 0.3) is 0 Å². The van der Waals surface area contributed by atoms with Crippen LogP contribution in [0.1, 0.15) is 25.6 Å². The largest absolute Gasteiger partial charge is 0.340 e. The van der Waals surface area contributed by atoms with Crippen molar-refractivity contribution in [2.45, 2.75) is 37.5 Å². The van der Waals surface area contributed by atoms with Crippen LogP contribution in [0, 0.1) is 6.92 Å². The Hall–Kier alpha value is -1.91. The van der Waals surface area contributed by atoms with Gasteiger partial charge in [0.25, 0.3) is 0 Å². The van der Waals surface area contributed by atoms with Gasteiger partial charge in [-0.2, -0.15) is 9.29 Å². The van der Waals surface area contributed by atoms with E-state index >= 15 is 0 Å². The first kappa shape index (κ1) is 20.4. The fraction of sp³-hybridized carbons (Fsp3) is 0.438. The molecule has 0 saturated carbocycles. The molecule has 0 spiro atoms. The summed E-state index contributed by atoms with van der Waals surface area (Å²) in [6.45, 7) is 5.32. The van der Waals surface area contributed by atoms with Gasteiger partial charge in [0.05, 0.1) is 16.4 Å². The van der Waals surface area contributed by atoms with Crippen LogP contribution in [0.2, 0.25) is 0 Å². The van der Waals surface area contributed by atoms with Crippen molar-refractivity contribution < 1.29 is 17.7 Å². The van der Waals surface area contributed by atoms with Gasteiger partial charge in [-0.1, -0.05) is 5.16 Å². The average Bonchev–Trinajstić information content (AvgIpc) is 2.99. The van der Waals surface area contributed by atoms with Gasteiger partial charge in [-0.3, -0.25) is 4.79 Å². The van der Waals surface area contributed by atoms with Crippen LogP contribution in [-0.4, -0.2) is 47.6 Å². The third-order valence-electron chi connectivity index (χ3n) is 3.58. The first-order valence-electron chi connectivity index (χ1n) is 7.95. The van der Waals surface area contributed by atoms with Crippen molar-refractivity contribution >= 4 is 33.4 Å². The Bertz CT molecular complexity index is 847. The summed E-state index contributed by atoms with van der Waals surface area (Å²) in [7, 11) is -1.99. The molecule has 0 unspecified atom stereocenters. The predicted octanol–water partition coefficient (Wildman–Crippen LogP) is 2.28. The van der Waals surface area contributed by atoms with Crippen molar-refractivity contribution in [3.8, 4) is 0 Å². The zero-order valence-corrected chi connectivity index (χ0v) is 16.7. The van der Waals surface area contributed by atoms with Crippen molar-refractivity contribution in [2.75, 3.05) is 18.1 Å². The highest BCUT2D eigenvalue weighted by Crippen LogP contribution is 2.19. The number of rotatable bonds is 8. The molecular formula is C16H22N4O4S2. The summed E-state index contributed by atoms with van der Waals surface area (Å²) in [5, 5.41) is 6.49. The molecule has 0 fully saturated rings. The van der Waals surface area contributed by atoms with Gasteiger partial charge in [0.2, 0.25) is 21.8 Å². The number of aryl methyl sites for hydroxylation is 1. The number of benzene rings is 1. The molecular weight excluding hydrogens is 376 g/mol. The lowest BCUT2D eigenvalue weighted by Crippen LogP contribution is -2.33. The van der Waals surface area contributed by atoms with E-state index in [9.17, 15) is 13.2 Å². The third kappa shape index (κ3) is 5.29. The number of carbonyl (C=O) groups excluding carboxylic acids is 1. The fourth-order valence-corrected chi connectivity index (χ4v) is 4.01. The zero-order chi connectivity index (χ0) is 19.3. The van der Waals surface area contributed by atoms with Gasteiger partial charge < -0.3 is 9.84 Å². The van der Waals surface area contributed by atoms with Gasteiger partial charge in [0.1, 0.15) is 0 Å². The standard InChI is InChI=1S/C16H22N4O4S2/c1-11(2)20(4)26(22,23)14-7-5-13(6-8-14)18-16(21)10-25-9-15-17-12(3)24-19-15/h5-8,11H,9-10H2,1-4H3,(H,18,21). The predicted molar refractivity (Wildman–Crippen MR) is 100 cm³/mol. The summed E-state index contributed by atoms with van der Waals surface area (Å²) in [5.74, 6) is 1.55. The van der Waals surface area contributed by atoms with E-state index in [-0.39, 0.29) is 22.6 Å². The number of aromatic nitrogens is 2. The third-order valence-corrected chi connectivity index (χ3v) is 6.55. The van der Waals surface area contributed by atoms with Gasteiger partial charge in [0, 0.05) is 25.7 Å². The lowest BCUT2D eigenvalue weighted by atomic mass is 10.3. The minimum atomic E-state index is -3.53. The molecule has 1 aromatic heterocycles. The molecule has 142 valence electrons. The van der Waals surface area contributed by atoms with Crippen molar-refractivity contribution in [3.63, 3.8) is 0 Å². The monoisotopic (exact) mass is 398 g/mol. The van der Waals surface area contributed by atoms with Gasteiger partial charge in [0.15, 0.2) is 5.82 Å². The van der Waals surface area contributed by atoms with E-state index in [2.05, 4.69) is 15.5 Å². The summed E-state index contributed by atoms with van der Waals surface area (Å²) in [6.07, 6.45) is 0. The van der Waals surface area contributed by atoms with E-state index in [1.165, 1.54) is 35.2 Å². The second-order valence-corrected chi connectivity index (χ2v) is 8.89. The summed E-state index contributed by atoms with van der Waals surface area (Å²) >= 11 is 1.36. The molecule has 1 N–H and O–H groups in total. The Balaban J connectivity index is 1.89. The molecule has 0 saturated heterocycles. The number of thioether (sulfide) groups is 1. The molecule has 0 bridgehead atoms. The number of hydrogen-bond acceptors (Lipinski definition) is 7. The molecule has 0 radical (unpaired) electrons. The molecule has 0 aliphatic carbocycles. The quantitative estimate of drug-likeness (QED) is 0.727.